The molecule has 1 unspecified atom stereocenters. The van der Waals surface area contributed by atoms with E-state index in [-0.39, 0.29) is 29.8 Å². The Bertz CT molecular complexity index is 700. The lowest BCUT2D eigenvalue weighted by atomic mass is 9.95. The molecule has 0 spiro atoms. The zero-order valence-electron chi connectivity index (χ0n) is 14.9. The number of hydrogen-bond donors (Lipinski definition) is 2. The van der Waals surface area contributed by atoms with Crippen LogP contribution in [0.2, 0.25) is 0 Å². The van der Waals surface area contributed by atoms with Crippen LogP contribution in [0.4, 0.5) is 0 Å². The molecule has 2 rings (SSSR count). The van der Waals surface area contributed by atoms with E-state index >= 15 is 0 Å². The van der Waals surface area contributed by atoms with Crippen LogP contribution in [0.3, 0.4) is 0 Å². The number of benzene rings is 1. The first-order valence-corrected chi connectivity index (χ1v) is 10.4. The maximum atomic E-state index is 12.1. The monoisotopic (exact) mass is 382 g/mol. The highest BCUT2D eigenvalue weighted by atomic mass is 32.2. The van der Waals surface area contributed by atoms with E-state index in [2.05, 4.69) is 10.0 Å². The van der Waals surface area contributed by atoms with E-state index in [1.165, 1.54) is 25.5 Å². The Morgan fingerprint density at radius 2 is 1.81 bits per heavy atom. The summed E-state index contributed by atoms with van der Waals surface area (Å²) in [5.41, 5.74) is 0. The Kier molecular flexibility index (Phi) is 7.59. The topological polar surface area (TPSA) is 102 Å². The molecule has 0 saturated heterocycles. The predicted octanol–water partition coefficient (Wildman–Crippen LogP) is 1.74. The molecule has 7 nitrogen and oxygen atoms in total. The zero-order chi connectivity index (χ0) is 19.0. The van der Waals surface area contributed by atoms with Gasteiger partial charge in [-0.1, -0.05) is 37.5 Å². The molecule has 1 saturated carbocycles. The molecule has 1 atom stereocenters. The Hall–Kier alpha value is -1.93. The van der Waals surface area contributed by atoms with Crippen LogP contribution < -0.4 is 10.0 Å². The summed E-state index contributed by atoms with van der Waals surface area (Å²) in [6.45, 7) is 1.43. The number of rotatable bonds is 8. The second kappa shape index (κ2) is 9.68. The van der Waals surface area contributed by atoms with E-state index in [0.29, 0.717) is 0 Å². The van der Waals surface area contributed by atoms with Gasteiger partial charge in [-0.3, -0.25) is 9.59 Å². The minimum Gasteiger partial charge on any atom is -0.453 e. The molecule has 0 aromatic heterocycles. The number of sulfonamides is 1. The molecular formula is C18H26N2O5S. The fraction of sp³-hybridized carbons (Fsp3) is 0.556. The van der Waals surface area contributed by atoms with Crippen molar-refractivity contribution in [2.75, 3.05) is 6.54 Å². The maximum absolute atomic E-state index is 12.1. The van der Waals surface area contributed by atoms with Gasteiger partial charge in [0.2, 0.25) is 10.0 Å². The first kappa shape index (κ1) is 20.4. The molecule has 1 aromatic rings. The van der Waals surface area contributed by atoms with Gasteiger partial charge in [-0.05, 0) is 31.9 Å². The van der Waals surface area contributed by atoms with Crippen molar-refractivity contribution in [3.63, 3.8) is 0 Å². The Labute approximate surface area is 154 Å². The SMILES string of the molecule is CC(OC(=O)CCNS(=O)(=O)c1ccccc1)C(=O)NC1CCCCC1. The maximum Gasteiger partial charge on any atom is 0.307 e. The third-order valence-corrected chi connectivity index (χ3v) is 5.78. The summed E-state index contributed by atoms with van der Waals surface area (Å²) >= 11 is 0. The minimum absolute atomic E-state index is 0.0903. The molecule has 8 heteroatoms. The first-order valence-electron chi connectivity index (χ1n) is 8.93. The van der Waals surface area contributed by atoms with Crippen molar-refractivity contribution in [1.82, 2.24) is 10.0 Å². The van der Waals surface area contributed by atoms with E-state index in [9.17, 15) is 18.0 Å². The average Bonchev–Trinajstić information content (AvgIpc) is 2.63. The number of hydrogen-bond acceptors (Lipinski definition) is 5. The van der Waals surface area contributed by atoms with Gasteiger partial charge in [0.05, 0.1) is 11.3 Å². The highest BCUT2D eigenvalue weighted by Crippen LogP contribution is 2.17. The zero-order valence-corrected chi connectivity index (χ0v) is 15.8. The first-order chi connectivity index (χ1) is 12.4. The normalized spacial score (nSPS) is 16.7. The second-order valence-corrected chi connectivity index (χ2v) is 8.20. The third kappa shape index (κ3) is 6.42. The molecule has 144 valence electrons. The number of amides is 1. The summed E-state index contributed by atoms with van der Waals surface area (Å²) < 4.78 is 31.5. The van der Waals surface area contributed by atoms with Crippen LogP contribution in [0.25, 0.3) is 0 Å². The Balaban J connectivity index is 1.71. The lowest BCUT2D eigenvalue weighted by Gasteiger charge is -2.24. The smallest absolute Gasteiger partial charge is 0.307 e. The molecule has 1 aliphatic carbocycles. The summed E-state index contributed by atoms with van der Waals surface area (Å²) in [5, 5.41) is 2.90. The van der Waals surface area contributed by atoms with Crippen molar-refractivity contribution in [3.8, 4) is 0 Å². The van der Waals surface area contributed by atoms with E-state index < -0.39 is 22.1 Å². The third-order valence-electron chi connectivity index (χ3n) is 4.30. The van der Waals surface area contributed by atoms with Gasteiger partial charge in [-0.25, -0.2) is 13.1 Å². The van der Waals surface area contributed by atoms with Crippen LogP contribution in [0.1, 0.15) is 45.4 Å². The molecular weight excluding hydrogens is 356 g/mol. The fourth-order valence-electron chi connectivity index (χ4n) is 2.85. The highest BCUT2D eigenvalue weighted by molar-refractivity contribution is 7.89. The number of carbonyl (C=O) groups excluding carboxylic acids is 2. The summed E-state index contributed by atoms with van der Waals surface area (Å²) in [6.07, 6.45) is 4.25. The summed E-state index contributed by atoms with van der Waals surface area (Å²) in [4.78, 5) is 24.0. The molecule has 1 aliphatic rings. The van der Waals surface area contributed by atoms with Crippen molar-refractivity contribution in [2.45, 2.75) is 62.5 Å². The van der Waals surface area contributed by atoms with E-state index in [1.54, 1.807) is 18.2 Å². The quantitative estimate of drug-likeness (QED) is 0.667. The number of carbonyl (C=O) groups is 2. The molecule has 0 radical (unpaired) electrons. The number of ether oxygens (including phenoxy) is 1. The van der Waals surface area contributed by atoms with E-state index in [1.807, 2.05) is 0 Å². The van der Waals surface area contributed by atoms with Gasteiger partial charge >= 0.3 is 5.97 Å². The largest absolute Gasteiger partial charge is 0.453 e. The fourth-order valence-corrected chi connectivity index (χ4v) is 3.90. The number of nitrogens with one attached hydrogen (secondary N) is 2. The average molecular weight is 382 g/mol. The van der Waals surface area contributed by atoms with Crippen LogP contribution in [0.5, 0.6) is 0 Å². The van der Waals surface area contributed by atoms with Crippen LogP contribution >= 0.6 is 0 Å². The van der Waals surface area contributed by atoms with Crippen LogP contribution in [-0.4, -0.2) is 39.0 Å². The lowest BCUT2D eigenvalue weighted by molar-refractivity contribution is -0.155. The number of esters is 1. The molecule has 1 aromatic carbocycles. The van der Waals surface area contributed by atoms with Gasteiger partial charge in [0.1, 0.15) is 0 Å². The summed E-state index contributed by atoms with van der Waals surface area (Å²) in [6, 6.07) is 8.05. The van der Waals surface area contributed by atoms with Crippen molar-refractivity contribution < 1.29 is 22.7 Å². The molecule has 0 aliphatic heterocycles. The van der Waals surface area contributed by atoms with Crippen molar-refractivity contribution in [3.05, 3.63) is 30.3 Å². The van der Waals surface area contributed by atoms with Gasteiger partial charge in [0, 0.05) is 12.6 Å². The van der Waals surface area contributed by atoms with E-state index in [0.717, 1.165) is 25.7 Å². The minimum atomic E-state index is -3.66. The van der Waals surface area contributed by atoms with Gasteiger partial charge in [0.15, 0.2) is 6.10 Å². The second-order valence-electron chi connectivity index (χ2n) is 6.44. The summed E-state index contributed by atoms with van der Waals surface area (Å²) in [5.74, 6) is -0.929. The van der Waals surface area contributed by atoms with Gasteiger partial charge in [0.25, 0.3) is 5.91 Å². The van der Waals surface area contributed by atoms with Crippen LogP contribution in [0, 0.1) is 0 Å². The van der Waals surface area contributed by atoms with Crippen molar-refractivity contribution in [1.29, 1.82) is 0 Å². The Morgan fingerprint density at radius 1 is 1.15 bits per heavy atom. The van der Waals surface area contributed by atoms with Crippen LogP contribution in [0.15, 0.2) is 35.2 Å². The highest BCUT2D eigenvalue weighted by Gasteiger charge is 2.22. The molecule has 1 fully saturated rings. The van der Waals surface area contributed by atoms with Crippen molar-refractivity contribution in [2.24, 2.45) is 0 Å². The molecule has 0 bridgehead atoms. The predicted molar refractivity (Wildman–Crippen MR) is 96.8 cm³/mol. The molecule has 2 N–H and O–H groups in total. The lowest BCUT2D eigenvalue weighted by Crippen LogP contribution is -2.43. The molecule has 0 heterocycles. The van der Waals surface area contributed by atoms with E-state index in [4.69, 9.17) is 4.74 Å². The summed E-state index contributed by atoms with van der Waals surface area (Å²) in [7, 11) is -3.66. The van der Waals surface area contributed by atoms with Crippen LogP contribution in [-0.2, 0) is 24.3 Å². The standard InChI is InChI=1S/C18H26N2O5S/c1-14(18(22)20-15-8-4-2-5-9-15)25-17(21)12-13-19-26(23,24)16-10-6-3-7-11-16/h3,6-7,10-11,14-15,19H,2,4-5,8-9,12-13H2,1H3,(H,20,22). The van der Waals surface area contributed by atoms with Gasteiger partial charge in [-0.2, -0.15) is 0 Å². The molecule has 1 amide bonds. The Morgan fingerprint density at radius 3 is 2.46 bits per heavy atom. The van der Waals surface area contributed by atoms with Gasteiger partial charge in [-0.15, -0.1) is 0 Å². The molecule has 26 heavy (non-hydrogen) atoms. The van der Waals surface area contributed by atoms with Crippen molar-refractivity contribution >= 4 is 21.9 Å². The van der Waals surface area contributed by atoms with Gasteiger partial charge < -0.3 is 10.1 Å².